The number of nitro benzene ring substituents is 1. The van der Waals surface area contributed by atoms with E-state index in [9.17, 15) is 19.7 Å². The molecule has 0 aromatic heterocycles. The molecule has 1 amide bonds. The number of halogens is 1. The van der Waals surface area contributed by atoms with Crippen molar-refractivity contribution in [2.24, 2.45) is 5.92 Å². The van der Waals surface area contributed by atoms with Crippen molar-refractivity contribution in [3.05, 3.63) is 50.7 Å². The van der Waals surface area contributed by atoms with E-state index in [1.165, 1.54) is 18.2 Å². The van der Waals surface area contributed by atoms with Gasteiger partial charge in [0.25, 0.3) is 11.6 Å². The van der Waals surface area contributed by atoms with Crippen molar-refractivity contribution in [2.45, 2.75) is 43.7 Å². The average Bonchev–Trinajstić information content (AvgIpc) is 3.38. The van der Waals surface area contributed by atoms with Gasteiger partial charge in [-0.2, -0.15) is 0 Å². The van der Waals surface area contributed by atoms with Crippen molar-refractivity contribution < 1.29 is 19.3 Å². The molecule has 2 heterocycles. The Morgan fingerprint density at radius 3 is 2.77 bits per heavy atom. The molecule has 1 spiro atoms. The zero-order chi connectivity index (χ0) is 21.3. The van der Waals surface area contributed by atoms with Crippen LogP contribution in [0.25, 0.3) is 0 Å². The fourth-order valence-electron chi connectivity index (χ4n) is 4.39. The maximum Gasteiger partial charge on any atom is 0.270 e. The van der Waals surface area contributed by atoms with Gasteiger partial charge in [0.1, 0.15) is 11.3 Å². The molecule has 0 radical (unpaired) electrons. The summed E-state index contributed by atoms with van der Waals surface area (Å²) in [5, 5.41) is 17.1. The number of rotatable bonds is 5. The number of Topliss-reactive ketones (excluding diaryl/α,β-unsaturated/α-hetero) is 1. The average molecular weight is 435 g/mol. The number of amides is 1. The van der Waals surface area contributed by atoms with Gasteiger partial charge in [0, 0.05) is 30.3 Å². The van der Waals surface area contributed by atoms with Crippen molar-refractivity contribution >= 4 is 29.0 Å². The first-order valence-corrected chi connectivity index (χ1v) is 10.4. The highest BCUT2D eigenvalue weighted by molar-refractivity contribution is 6.34. The molecule has 1 aliphatic carbocycles. The quantitative estimate of drug-likeness (QED) is 0.369. The van der Waals surface area contributed by atoms with Gasteiger partial charge in [-0.1, -0.05) is 24.4 Å². The van der Waals surface area contributed by atoms with E-state index in [0.717, 1.165) is 25.7 Å². The van der Waals surface area contributed by atoms with E-state index in [1.807, 2.05) is 0 Å². The molecule has 1 aromatic carbocycles. The highest BCUT2D eigenvalue weighted by atomic mass is 35.5. The number of benzene rings is 1. The topological polar surface area (TPSA) is 123 Å². The fraction of sp³-hybridized carbons (Fsp3) is 0.500. The van der Waals surface area contributed by atoms with Crippen LogP contribution in [0.3, 0.4) is 0 Å². The molecule has 10 heteroatoms. The van der Waals surface area contributed by atoms with Crippen LogP contribution in [0.15, 0.2) is 30.0 Å². The van der Waals surface area contributed by atoms with Gasteiger partial charge in [0.05, 0.1) is 15.9 Å². The second kappa shape index (κ2) is 8.33. The van der Waals surface area contributed by atoms with Gasteiger partial charge in [-0.25, -0.2) is 0 Å². The summed E-state index contributed by atoms with van der Waals surface area (Å²) in [5.41, 5.74) is 2.03. The van der Waals surface area contributed by atoms with E-state index < -0.39 is 16.4 Å². The lowest BCUT2D eigenvalue weighted by Gasteiger charge is -2.37. The lowest BCUT2D eigenvalue weighted by Crippen LogP contribution is -2.53. The van der Waals surface area contributed by atoms with E-state index in [-0.39, 0.29) is 34.0 Å². The largest absolute Gasteiger partial charge is 0.348 e. The molecule has 4 rings (SSSR count). The minimum absolute atomic E-state index is 0.0176. The number of carbonyl (C=O) groups excluding carboxylic acids is 2. The Bertz CT molecular complexity index is 914. The molecule has 2 aliphatic heterocycles. The second-order valence-corrected chi connectivity index (χ2v) is 8.37. The number of piperidine rings is 1. The summed E-state index contributed by atoms with van der Waals surface area (Å²) in [7, 11) is 0. The summed E-state index contributed by atoms with van der Waals surface area (Å²) in [4.78, 5) is 42.1. The highest BCUT2D eigenvalue weighted by Gasteiger charge is 2.49. The Morgan fingerprint density at radius 1 is 1.30 bits per heavy atom. The Hall–Kier alpha value is -2.49. The molecule has 3 N–H and O–H groups in total. The van der Waals surface area contributed by atoms with Crippen molar-refractivity contribution in [3.8, 4) is 0 Å². The summed E-state index contributed by atoms with van der Waals surface area (Å²) in [6.45, 7) is 0.954. The number of hydrogen-bond donors (Lipinski definition) is 3. The summed E-state index contributed by atoms with van der Waals surface area (Å²) in [6, 6.07) is 3.96. The first-order chi connectivity index (χ1) is 14.4. The van der Waals surface area contributed by atoms with Crippen LogP contribution >= 0.6 is 11.6 Å². The normalized spacial score (nSPS) is 26.3. The van der Waals surface area contributed by atoms with Crippen molar-refractivity contribution in [2.75, 3.05) is 13.1 Å². The molecule has 1 saturated heterocycles. The van der Waals surface area contributed by atoms with Crippen LogP contribution in [0.4, 0.5) is 5.69 Å². The molecule has 0 bridgehead atoms. The number of carbonyl (C=O) groups is 2. The molecule has 2 fully saturated rings. The third-order valence-corrected chi connectivity index (χ3v) is 6.36. The summed E-state index contributed by atoms with van der Waals surface area (Å²) in [6.07, 6.45) is 6.33. The van der Waals surface area contributed by atoms with Gasteiger partial charge >= 0.3 is 0 Å². The van der Waals surface area contributed by atoms with Crippen LogP contribution in [-0.2, 0) is 9.63 Å². The third-order valence-electron chi connectivity index (χ3n) is 6.05. The first kappa shape index (κ1) is 20.8. The Labute approximate surface area is 178 Å². The second-order valence-electron chi connectivity index (χ2n) is 7.96. The number of hydrogen-bond acceptors (Lipinski definition) is 7. The molecule has 1 aromatic rings. The number of nitrogens with one attached hydrogen (secondary N) is 3. The minimum Gasteiger partial charge on any atom is -0.348 e. The molecular weight excluding hydrogens is 412 g/mol. The molecule has 9 nitrogen and oxygen atoms in total. The van der Waals surface area contributed by atoms with Gasteiger partial charge in [0.2, 0.25) is 0 Å². The van der Waals surface area contributed by atoms with Crippen LogP contribution in [0.2, 0.25) is 5.02 Å². The Balaban J connectivity index is 1.57. The van der Waals surface area contributed by atoms with Crippen molar-refractivity contribution in [1.29, 1.82) is 0 Å². The molecule has 2 atom stereocenters. The highest BCUT2D eigenvalue weighted by Crippen LogP contribution is 2.37. The SMILES string of the molecule is O=C(NC1CCCC1)C1=CC2(CCNCC2C(=O)c2ccc([N+](=O)[O-])cc2Cl)ON1. The number of ketones is 1. The Morgan fingerprint density at radius 2 is 2.07 bits per heavy atom. The zero-order valence-electron chi connectivity index (χ0n) is 16.3. The maximum atomic E-state index is 13.3. The van der Waals surface area contributed by atoms with Crippen LogP contribution in [0.5, 0.6) is 0 Å². The van der Waals surface area contributed by atoms with Crippen LogP contribution in [0.1, 0.15) is 42.5 Å². The maximum absolute atomic E-state index is 13.3. The lowest BCUT2D eigenvalue weighted by atomic mass is 9.77. The number of non-ortho nitro benzene ring substituents is 1. The van der Waals surface area contributed by atoms with E-state index in [1.54, 1.807) is 6.08 Å². The van der Waals surface area contributed by atoms with Crippen LogP contribution in [0, 0.1) is 16.0 Å². The Kier molecular flexibility index (Phi) is 5.77. The molecule has 2 unspecified atom stereocenters. The predicted octanol–water partition coefficient (Wildman–Crippen LogP) is 2.26. The summed E-state index contributed by atoms with van der Waals surface area (Å²) in [5.74, 6) is -1.18. The van der Waals surface area contributed by atoms with E-state index in [0.29, 0.717) is 25.2 Å². The van der Waals surface area contributed by atoms with Gasteiger partial charge in [0.15, 0.2) is 5.78 Å². The lowest BCUT2D eigenvalue weighted by molar-refractivity contribution is -0.384. The minimum atomic E-state index is -0.990. The summed E-state index contributed by atoms with van der Waals surface area (Å²) >= 11 is 6.18. The first-order valence-electron chi connectivity index (χ1n) is 10.1. The van der Waals surface area contributed by atoms with E-state index >= 15 is 0 Å². The van der Waals surface area contributed by atoms with Crippen molar-refractivity contribution in [1.82, 2.24) is 16.1 Å². The van der Waals surface area contributed by atoms with Gasteiger partial charge in [-0.05, 0) is 37.9 Å². The van der Waals surface area contributed by atoms with Gasteiger partial charge in [-0.15, -0.1) is 0 Å². The standard InChI is InChI=1S/C20H23ClN4O5/c21-16-9-13(25(28)29)5-6-14(16)18(26)15-11-22-8-7-20(15)10-17(24-30-20)19(27)23-12-3-1-2-4-12/h5-6,9-10,12,15,22,24H,1-4,7-8,11H2,(H,23,27). The third kappa shape index (κ3) is 3.92. The fourth-order valence-corrected chi connectivity index (χ4v) is 4.66. The van der Waals surface area contributed by atoms with E-state index in [4.69, 9.17) is 16.4 Å². The van der Waals surface area contributed by atoms with Gasteiger partial charge < -0.3 is 10.6 Å². The monoisotopic (exact) mass is 434 g/mol. The van der Waals surface area contributed by atoms with Crippen molar-refractivity contribution in [3.63, 3.8) is 0 Å². The summed E-state index contributed by atoms with van der Waals surface area (Å²) < 4.78 is 0. The molecular formula is C20H23ClN4O5. The number of nitrogens with zero attached hydrogens (tertiary/aromatic N) is 1. The smallest absolute Gasteiger partial charge is 0.270 e. The predicted molar refractivity (Wildman–Crippen MR) is 109 cm³/mol. The molecule has 3 aliphatic rings. The molecule has 30 heavy (non-hydrogen) atoms. The number of hydroxylamine groups is 1. The number of nitro groups is 1. The van der Waals surface area contributed by atoms with Crippen LogP contribution < -0.4 is 16.1 Å². The molecule has 160 valence electrons. The van der Waals surface area contributed by atoms with Gasteiger partial charge in [-0.3, -0.25) is 30.0 Å². The molecule has 1 saturated carbocycles. The van der Waals surface area contributed by atoms with Crippen LogP contribution in [-0.4, -0.2) is 41.3 Å². The van der Waals surface area contributed by atoms with E-state index in [2.05, 4.69) is 16.1 Å². The zero-order valence-corrected chi connectivity index (χ0v) is 17.0.